The minimum Gasteiger partial charge on any atom is -0.493 e. The Morgan fingerprint density at radius 3 is 3.00 bits per heavy atom. The summed E-state index contributed by atoms with van der Waals surface area (Å²) in [5.74, 6) is 0.409. The number of rotatable bonds is 5. The largest absolute Gasteiger partial charge is 0.493 e. The quantitative estimate of drug-likeness (QED) is 0.770. The van der Waals surface area contributed by atoms with E-state index in [0.29, 0.717) is 11.3 Å². The number of benzene rings is 1. The van der Waals surface area contributed by atoms with Crippen molar-refractivity contribution in [3.63, 3.8) is 0 Å². The number of nitrogens with zero attached hydrogens (tertiary/aromatic N) is 2. The van der Waals surface area contributed by atoms with Crippen LogP contribution in [0.3, 0.4) is 0 Å². The van der Waals surface area contributed by atoms with Gasteiger partial charge >= 0.3 is 0 Å². The minimum atomic E-state index is -0.354. The van der Waals surface area contributed by atoms with E-state index >= 15 is 0 Å². The monoisotopic (exact) mass is 313 g/mol. The average Bonchev–Trinajstić information content (AvgIpc) is 3.00. The summed E-state index contributed by atoms with van der Waals surface area (Å²) in [6.07, 6.45) is 1.52. The van der Waals surface area contributed by atoms with Crippen LogP contribution >= 0.6 is 0 Å². The molecule has 0 fully saturated rings. The second-order valence-corrected chi connectivity index (χ2v) is 4.83. The lowest BCUT2D eigenvalue weighted by Gasteiger charge is -2.04. The number of hydrogen-bond donors (Lipinski definition) is 1. The van der Waals surface area contributed by atoms with Crippen molar-refractivity contribution in [1.82, 2.24) is 15.1 Å². The van der Waals surface area contributed by atoms with Crippen molar-refractivity contribution in [2.75, 3.05) is 13.7 Å². The maximum atomic E-state index is 12.1. The first kappa shape index (κ1) is 14.8. The Hall–Kier alpha value is -3.09. The molecule has 0 atom stereocenters. The Morgan fingerprint density at radius 1 is 1.35 bits per heavy atom. The fraction of sp³-hybridized carbons (Fsp3) is 0.188. The van der Waals surface area contributed by atoms with Gasteiger partial charge in [-0.25, -0.2) is 4.68 Å². The van der Waals surface area contributed by atoms with Gasteiger partial charge in [0.1, 0.15) is 0 Å². The number of furan rings is 1. The fourth-order valence-corrected chi connectivity index (χ4v) is 2.23. The van der Waals surface area contributed by atoms with Gasteiger partial charge in [-0.05, 0) is 18.2 Å². The minimum absolute atomic E-state index is 0.192. The highest BCUT2D eigenvalue weighted by atomic mass is 16.5. The van der Waals surface area contributed by atoms with Crippen molar-refractivity contribution in [1.29, 1.82) is 0 Å². The van der Waals surface area contributed by atoms with Gasteiger partial charge in [0.15, 0.2) is 17.1 Å². The second-order valence-electron chi connectivity index (χ2n) is 4.83. The molecule has 2 heterocycles. The molecule has 0 aliphatic rings. The molecule has 23 heavy (non-hydrogen) atoms. The molecular weight excluding hydrogens is 298 g/mol. The lowest BCUT2D eigenvalue weighted by atomic mass is 10.2. The predicted octanol–water partition coefficient (Wildman–Crippen LogP) is 1.43. The van der Waals surface area contributed by atoms with Gasteiger partial charge in [0.2, 0.25) is 0 Å². The first-order valence-corrected chi connectivity index (χ1v) is 7.06. The molecule has 1 N–H and O–H groups in total. The number of methoxy groups -OCH3 is 1. The van der Waals surface area contributed by atoms with E-state index in [2.05, 4.69) is 10.4 Å². The maximum Gasteiger partial charge on any atom is 0.287 e. The molecule has 7 nitrogen and oxygen atoms in total. The summed E-state index contributed by atoms with van der Waals surface area (Å²) in [6, 6.07) is 10.1. The molecule has 0 radical (unpaired) electrons. The van der Waals surface area contributed by atoms with Crippen LogP contribution < -0.4 is 15.6 Å². The third-order valence-corrected chi connectivity index (χ3v) is 3.35. The molecule has 3 aromatic rings. The summed E-state index contributed by atoms with van der Waals surface area (Å²) in [6.45, 7) is 0.554. The van der Waals surface area contributed by atoms with Gasteiger partial charge in [0, 0.05) is 24.2 Å². The summed E-state index contributed by atoms with van der Waals surface area (Å²) < 4.78 is 12.0. The Morgan fingerprint density at radius 2 is 2.22 bits per heavy atom. The Kier molecular flexibility index (Phi) is 4.09. The summed E-state index contributed by atoms with van der Waals surface area (Å²) in [4.78, 5) is 23.6. The summed E-state index contributed by atoms with van der Waals surface area (Å²) in [7, 11) is 1.54. The Balaban J connectivity index is 1.69. The highest BCUT2D eigenvalue weighted by molar-refractivity contribution is 5.97. The molecule has 0 spiro atoms. The van der Waals surface area contributed by atoms with Gasteiger partial charge in [0.25, 0.3) is 11.5 Å². The van der Waals surface area contributed by atoms with Crippen LogP contribution in [0.4, 0.5) is 0 Å². The summed E-state index contributed by atoms with van der Waals surface area (Å²) in [5.41, 5.74) is 0.316. The van der Waals surface area contributed by atoms with Gasteiger partial charge in [-0.2, -0.15) is 5.10 Å². The van der Waals surface area contributed by atoms with E-state index in [1.165, 1.54) is 16.9 Å². The van der Waals surface area contributed by atoms with Crippen molar-refractivity contribution in [2.24, 2.45) is 0 Å². The summed E-state index contributed by atoms with van der Waals surface area (Å²) >= 11 is 0. The number of para-hydroxylation sites is 1. The molecule has 0 saturated carbocycles. The number of carbonyl (C=O) groups is 1. The second kappa shape index (κ2) is 6.35. The number of amides is 1. The average molecular weight is 313 g/mol. The van der Waals surface area contributed by atoms with E-state index in [0.717, 1.165) is 5.39 Å². The van der Waals surface area contributed by atoms with Crippen LogP contribution in [0.5, 0.6) is 5.75 Å². The molecule has 0 saturated heterocycles. The van der Waals surface area contributed by atoms with Crippen LogP contribution in [0.1, 0.15) is 10.6 Å². The molecular formula is C16H15N3O4. The van der Waals surface area contributed by atoms with Gasteiger partial charge < -0.3 is 14.5 Å². The molecule has 0 aliphatic carbocycles. The SMILES string of the molecule is COc1cccc2cc(C(=O)NCCn3ncccc3=O)oc12. The molecule has 2 aromatic heterocycles. The van der Waals surface area contributed by atoms with Crippen molar-refractivity contribution in [3.8, 4) is 5.75 Å². The Labute approximate surface area is 131 Å². The number of hydrogen-bond acceptors (Lipinski definition) is 5. The topological polar surface area (TPSA) is 86.4 Å². The van der Waals surface area contributed by atoms with Crippen LogP contribution in [-0.4, -0.2) is 29.3 Å². The number of fused-ring (bicyclic) bond motifs is 1. The van der Waals surface area contributed by atoms with Crippen LogP contribution in [0.2, 0.25) is 0 Å². The van der Waals surface area contributed by atoms with Crippen LogP contribution in [0, 0.1) is 0 Å². The highest BCUT2D eigenvalue weighted by Crippen LogP contribution is 2.28. The van der Waals surface area contributed by atoms with Crippen molar-refractivity contribution in [3.05, 3.63) is 58.7 Å². The van der Waals surface area contributed by atoms with Crippen LogP contribution in [0.25, 0.3) is 11.0 Å². The van der Waals surface area contributed by atoms with E-state index in [9.17, 15) is 9.59 Å². The molecule has 0 aliphatic heterocycles. The van der Waals surface area contributed by atoms with Gasteiger partial charge in [-0.1, -0.05) is 12.1 Å². The number of nitrogens with one attached hydrogen (secondary N) is 1. The molecule has 1 aromatic carbocycles. The smallest absolute Gasteiger partial charge is 0.287 e. The molecule has 7 heteroatoms. The highest BCUT2D eigenvalue weighted by Gasteiger charge is 2.14. The summed E-state index contributed by atoms with van der Waals surface area (Å²) in [5, 5.41) is 7.41. The number of ether oxygens (including phenoxy) is 1. The van der Waals surface area contributed by atoms with Gasteiger partial charge in [-0.3, -0.25) is 9.59 Å². The molecule has 118 valence electrons. The van der Waals surface area contributed by atoms with Crippen molar-refractivity contribution < 1.29 is 13.9 Å². The van der Waals surface area contributed by atoms with E-state index in [1.54, 1.807) is 25.3 Å². The zero-order valence-corrected chi connectivity index (χ0v) is 12.5. The van der Waals surface area contributed by atoms with E-state index in [1.807, 2.05) is 12.1 Å². The standard InChI is InChI=1S/C16H15N3O4/c1-22-12-5-2-4-11-10-13(23-15(11)12)16(21)17-8-9-19-14(20)6-3-7-18-19/h2-7,10H,8-9H2,1H3,(H,17,21). The number of carbonyl (C=O) groups excluding carboxylic acids is 1. The molecule has 0 bridgehead atoms. The van der Waals surface area contributed by atoms with Crippen molar-refractivity contribution >= 4 is 16.9 Å². The third kappa shape index (κ3) is 3.08. The lowest BCUT2D eigenvalue weighted by molar-refractivity contribution is 0.0926. The first-order valence-electron chi connectivity index (χ1n) is 7.06. The zero-order chi connectivity index (χ0) is 16.2. The first-order chi connectivity index (χ1) is 11.2. The van der Waals surface area contributed by atoms with E-state index < -0.39 is 0 Å². The van der Waals surface area contributed by atoms with Crippen molar-refractivity contribution in [2.45, 2.75) is 6.54 Å². The molecule has 3 rings (SSSR count). The third-order valence-electron chi connectivity index (χ3n) is 3.35. The normalized spacial score (nSPS) is 10.7. The van der Waals surface area contributed by atoms with Crippen LogP contribution in [0.15, 0.2) is 51.8 Å². The van der Waals surface area contributed by atoms with Gasteiger partial charge in [-0.15, -0.1) is 0 Å². The lowest BCUT2D eigenvalue weighted by Crippen LogP contribution is -2.31. The zero-order valence-electron chi connectivity index (χ0n) is 12.5. The molecule has 0 unspecified atom stereocenters. The fourth-order valence-electron chi connectivity index (χ4n) is 2.23. The molecule has 1 amide bonds. The van der Waals surface area contributed by atoms with Gasteiger partial charge in [0.05, 0.1) is 13.7 Å². The predicted molar refractivity (Wildman–Crippen MR) is 83.6 cm³/mol. The maximum absolute atomic E-state index is 12.1. The number of aromatic nitrogens is 2. The van der Waals surface area contributed by atoms with E-state index in [-0.39, 0.29) is 30.3 Å². The Bertz CT molecular complexity index is 897. The van der Waals surface area contributed by atoms with E-state index in [4.69, 9.17) is 9.15 Å². The van der Waals surface area contributed by atoms with Crippen LogP contribution in [-0.2, 0) is 6.54 Å².